The summed E-state index contributed by atoms with van der Waals surface area (Å²) in [6.45, 7) is 7.90. The van der Waals surface area contributed by atoms with E-state index in [1.165, 1.54) is 25.7 Å². The number of rotatable bonds is 4. The topological polar surface area (TPSA) is 15.3 Å². The van der Waals surface area contributed by atoms with Crippen LogP contribution in [0.5, 0.6) is 0 Å². The van der Waals surface area contributed by atoms with E-state index in [2.05, 4.69) is 38.0 Å². The monoisotopic (exact) mass is 198 g/mol. The Hall–Kier alpha value is -0.0800. The highest BCUT2D eigenvalue weighted by atomic mass is 15.2. The molecule has 0 aromatic heterocycles. The zero-order valence-electron chi connectivity index (χ0n) is 10.2. The zero-order chi connectivity index (χ0) is 10.6. The summed E-state index contributed by atoms with van der Waals surface area (Å²) in [4.78, 5) is 2.53. The first kappa shape index (κ1) is 12.0. The summed E-state index contributed by atoms with van der Waals surface area (Å²) in [5.74, 6) is 0. The molecule has 0 aromatic carbocycles. The van der Waals surface area contributed by atoms with Crippen LogP contribution >= 0.6 is 0 Å². The van der Waals surface area contributed by atoms with Gasteiger partial charge in [-0.1, -0.05) is 13.3 Å². The van der Waals surface area contributed by atoms with Crippen LogP contribution in [0.3, 0.4) is 0 Å². The number of nitrogens with zero attached hydrogens (tertiary/aromatic N) is 1. The van der Waals surface area contributed by atoms with Gasteiger partial charge in [0.1, 0.15) is 0 Å². The Kier molecular flexibility index (Phi) is 4.90. The highest BCUT2D eigenvalue weighted by Gasteiger charge is 2.25. The SMILES string of the molecule is CCNC1CCCC(N(C)C(C)C)C1. The number of hydrogen-bond acceptors (Lipinski definition) is 2. The van der Waals surface area contributed by atoms with Crippen LogP contribution in [-0.2, 0) is 0 Å². The van der Waals surface area contributed by atoms with Crippen molar-refractivity contribution < 1.29 is 0 Å². The summed E-state index contributed by atoms with van der Waals surface area (Å²) in [7, 11) is 2.27. The average Bonchev–Trinajstić information content (AvgIpc) is 2.17. The van der Waals surface area contributed by atoms with Gasteiger partial charge in [-0.2, -0.15) is 0 Å². The fourth-order valence-electron chi connectivity index (χ4n) is 2.43. The van der Waals surface area contributed by atoms with Crippen molar-refractivity contribution in [2.24, 2.45) is 0 Å². The van der Waals surface area contributed by atoms with Gasteiger partial charge in [-0.3, -0.25) is 0 Å². The molecule has 0 heterocycles. The van der Waals surface area contributed by atoms with Crippen molar-refractivity contribution in [3.63, 3.8) is 0 Å². The molecule has 1 saturated carbocycles. The van der Waals surface area contributed by atoms with E-state index in [9.17, 15) is 0 Å². The highest BCUT2D eigenvalue weighted by Crippen LogP contribution is 2.23. The molecule has 84 valence electrons. The van der Waals surface area contributed by atoms with Gasteiger partial charge in [-0.25, -0.2) is 0 Å². The lowest BCUT2D eigenvalue weighted by Crippen LogP contribution is -2.45. The Balaban J connectivity index is 2.39. The Labute approximate surface area is 89.1 Å². The second kappa shape index (κ2) is 5.72. The Bertz CT molecular complexity index is 154. The predicted molar refractivity (Wildman–Crippen MR) is 62.6 cm³/mol. The van der Waals surface area contributed by atoms with Crippen molar-refractivity contribution in [3.05, 3.63) is 0 Å². The second-order valence-electron chi connectivity index (χ2n) is 4.83. The Morgan fingerprint density at radius 3 is 2.64 bits per heavy atom. The van der Waals surface area contributed by atoms with Gasteiger partial charge in [-0.15, -0.1) is 0 Å². The van der Waals surface area contributed by atoms with Crippen molar-refractivity contribution in [2.75, 3.05) is 13.6 Å². The van der Waals surface area contributed by atoms with Gasteiger partial charge < -0.3 is 10.2 Å². The maximum atomic E-state index is 3.58. The minimum Gasteiger partial charge on any atom is -0.314 e. The van der Waals surface area contributed by atoms with E-state index in [0.29, 0.717) is 6.04 Å². The molecule has 14 heavy (non-hydrogen) atoms. The van der Waals surface area contributed by atoms with Crippen LogP contribution in [0.25, 0.3) is 0 Å². The molecule has 0 spiro atoms. The first-order valence-corrected chi connectivity index (χ1v) is 6.10. The lowest BCUT2D eigenvalue weighted by molar-refractivity contribution is 0.139. The molecule has 0 amide bonds. The molecule has 0 aromatic rings. The van der Waals surface area contributed by atoms with Crippen molar-refractivity contribution >= 4 is 0 Å². The van der Waals surface area contributed by atoms with Gasteiger partial charge in [0.05, 0.1) is 0 Å². The molecule has 2 nitrogen and oxygen atoms in total. The molecule has 1 rings (SSSR count). The van der Waals surface area contributed by atoms with Gasteiger partial charge in [0, 0.05) is 18.1 Å². The van der Waals surface area contributed by atoms with Gasteiger partial charge in [-0.05, 0) is 46.7 Å². The molecule has 1 fully saturated rings. The molecule has 1 aliphatic carbocycles. The van der Waals surface area contributed by atoms with Crippen molar-refractivity contribution in [3.8, 4) is 0 Å². The normalized spacial score (nSPS) is 28.7. The molecule has 2 unspecified atom stereocenters. The lowest BCUT2D eigenvalue weighted by Gasteiger charge is -2.37. The summed E-state index contributed by atoms with van der Waals surface area (Å²) >= 11 is 0. The summed E-state index contributed by atoms with van der Waals surface area (Å²) < 4.78 is 0. The number of nitrogens with one attached hydrogen (secondary N) is 1. The fraction of sp³-hybridized carbons (Fsp3) is 1.00. The van der Waals surface area contributed by atoms with Gasteiger partial charge >= 0.3 is 0 Å². The van der Waals surface area contributed by atoms with Crippen LogP contribution < -0.4 is 5.32 Å². The van der Waals surface area contributed by atoms with Gasteiger partial charge in [0.15, 0.2) is 0 Å². The first-order valence-electron chi connectivity index (χ1n) is 6.10. The van der Waals surface area contributed by atoms with E-state index < -0.39 is 0 Å². The van der Waals surface area contributed by atoms with Crippen LogP contribution in [0, 0.1) is 0 Å². The maximum absolute atomic E-state index is 3.58. The summed E-state index contributed by atoms with van der Waals surface area (Å²) in [5, 5.41) is 3.58. The van der Waals surface area contributed by atoms with Crippen molar-refractivity contribution in [1.82, 2.24) is 10.2 Å². The molecular weight excluding hydrogens is 172 g/mol. The summed E-state index contributed by atoms with van der Waals surface area (Å²) in [6, 6.07) is 2.24. The zero-order valence-corrected chi connectivity index (χ0v) is 10.2. The third-order valence-corrected chi connectivity index (χ3v) is 3.53. The van der Waals surface area contributed by atoms with Crippen LogP contribution in [0.1, 0.15) is 46.5 Å². The van der Waals surface area contributed by atoms with Crippen LogP contribution in [0.4, 0.5) is 0 Å². The second-order valence-corrected chi connectivity index (χ2v) is 4.83. The van der Waals surface area contributed by atoms with Crippen LogP contribution in [-0.4, -0.2) is 36.6 Å². The van der Waals surface area contributed by atoms with Crippen LogP contribution in [0.15, 0.2) is 0 Å². The third-order valence-electron chi connectivity index (χ3n) is 3.53. The van der Waals surface area contributed by atoms with E-state index in [4.69, 9.17) is 0 Å². The maximum Gasteiger partial charge on any atom is 0.0110 e. The standard InChI is InChI=1S/C12H26N2/c1-5-13-11-7-6-8-12(9-11)14(4)10(2)3/h10-13H,5-9H2,1-4H3. The molecule has 2 atom stereocenters. The highest BCUT2D eigenvalue weighted by molar-refractivity contribution is 4.83. The largest absolute Gasteiger partial charge is 0.314 e. The van der Waals surface area contributed by atoms with E-state index in [1.54, 1.807) is 0 Å². The molecule has 1 aliphatic rings. The van der Waals surface area contributed by atoms with E-state index >= 15 is 0 Å². The number of hydrogen-bond donors (Lipinski definition) is 1. The minimum atomic E-state index is 0.681. The van der Waals surface area contributed by atoms with Gasteiger partial charge in [0.25, 0.3) is 0 Å². The smallest absolute Gasteiger partial charge is 0.0110 e. The van der Waals surface area contributed by atoms with Crippen molar-refractivity contribution in [2.45, 2.75) is 64.6 Å². The average molecular weight is 198 g/mol. The van der Waals surface area contributed by atoms with E-state index in [0.717, 1.165) is 18.6 Å². The van der Waals surface area contributed by atoms with E-state index in [1.807, 2.05) is 0 Å². The molecule has 0 aliphatic heterocycles. The summed E-state index contributed by atoms with van der Waals surface area (Å²) in [5.41, 5.74) is 0. The quantitative estimate of drug-likeness (QED) is 0.745. The van der Waals surface area contributed by atoms with Crippen molar-refractivity contribution in [1.29, 1.82) is 0 Å². The fourth-order valence-corrected chi connectivity index (χ4v) is 2.43. The molecular formula is C12H26N2. The van der Waals surface area contributed by atoms with Gasteiger partial charge in [0.2, 0.25) is 0 Å². The molecule has 0 radical (unpaired) electrons. The first-order chi connectivity index (χ1) is 6.65. The molecule has 1 N–H and O–H groups in total. The third kappa shape index (κ3) is 3.25. The molecule has 0 bridgehead atoms. The summed E-state index contributed by atoms with van der Waals surface area (Å²) in [6.07, 6.45) is 5.48. The van der Waals surface area contributed by atoms with E-state index in [-0.39, 0.29) is 0 Å². The minimum absolute atomic E-state index is 0.681. The molecule has 2 heteroatoms. The lowest BCUT2D eigenvalue weighted by atomic mass is 9.89. The predicted octanol–water partition coefficient (Wildman–Crippen LogP) is 2.25. The molecule has 0 saturated heterocycles. The van der Waals surface area contributed by atoms with Crippen LogP contribution in [0.2, 0.25) is 0 Å². The Morgan fingerprint density at radius 1 is 1.36 bits per heavy atom. The Morgan fingerprint density at radius 2 is 2.07 bits per heavy atom.